The van der Waals surface area contributed by atoms with E-state index >= 15 is 0 Å². The van der Waals surface area contributed by atoms with Gasteiger partial charge in [-0.3, -0.25) is 9.59 Å². The number of aliphatic carboxylic acids is 1. The van der Waals surface area contributed by atoms with E-state index in [1.807, 2.05) is 0 Å². The van der Waals surface area contributed by atoms with Gasteiger partial charge in [0.1, 0.15) is 11.2 Å². The van der Waals surface area contributed by atoms with Crippen LogP contribution in [-0.2, 0) is 19.6 Å². The van der Waals surface area contributed by atoms with Crippen molar-refractivity contribution in [3.63, 3.8) is 0 Å². The molecule has 0 aliphatic carbocycles. The van der Waals surface area contributed by atoms with Gasteiger partial charge < -0.3 is 10.4 Å². The van der Waals surface area contributed by atoms with E-state index in [1.165, 1.54) is 31.2 Å². The predicted molar refractivity (Wildman–Crippen MR) is 133 cm³/mol. The number of hydrogen-bond donors (Lipinski definition) is 3. The van der Waals surface area contributed by atoms with Crippen LogP contribution in [0.1, 0.15) is 31.4 Å². The summed E-state index contributed by atoms with van der Waals surface area (Å²) in [7, 11) is -4.18. The molecule has 0 saturated carbocycles. The average molecular weight is 511 g/mol. The van der Waals surface area contributed by atoms with E-state index in [4.69, 9.17) is 0 Å². The van der Waals surface area contributed by atoms with Crippen molar-refractivity contribution in [2.24, 2.45) is 5.41 Å². The Morgan fingerprint density at radius 3 is 2.11 bits per heavy atom. The Labute approximate surface area is 209 Å². The van der Waals surface area contributed by atoms with E-state index in [2.05, 4.69) is 10.0 Å². The molecule has 1 heterocycles. The maximum absolute atomic E-state index is 13.6. The minimum Gasteiger partial charge on any atom is -0.480 e. The lowest BCUT2D eigenvalue weighted by Crippen LogP contribution is -2.54. The Morgan fingerprint density at radius 2 is 1.58 bits per heavy atom. The zero-order valence-electron chi connectivity index (χ0n) is 19.6. The Balaban J connectivity index is 1.79. The van der Waals surface area contributed by atoms with Crippen LogP contribution in [0.25, 0.3) is 11.1 Å². The summed E-state index contributed by atoms with van der Waals surface area (Å²) >= 11 is 0. The van der Waals surface area contributed by atoms with Gasteiger partial charge in [0.15, 0.2) is 5.78 Å². The van der Waals surface area contributed by atoms with Gasteiger partial charge in [-0.05, 0) is 67.3 Å². The molecule has 0 spiro atoms. The highest BCUT2D eigenvalue weighted by Gasteiger charge is 2.52. The molecule has 36 heavy (non-hydrogen) atoms. The minimum atomic E-state index is -4.18. The third kappa shape index (κ3) is 5.09. The van der Waals surface area contributed by atoms with Gasteiger partial charge in [-0.1, -0.05) is 54.6 Å². The first-order chi connectivity index (χ1) is 17.1. The van der Waals surface area contributed by atoms with Crippen molar-refractivity contribution in [3.8, 4) is 11.1 Å². The standard InChI is InChI=1S/C27H27FN2O5S/c1-27(26(32)33,25(31)23-8-5-17-29-23)24(30-36(34,35)22-6-3-2-4-7-22)20-11-9-18(10-12-20)19-13-15-21(28)16-14-19/h2-4,6-7,9-16,23-24,29-30H,5,8,17H2,1H3,(H,32,33)/t23?,24-,27+/m1/s1. The zero-order valence-corrected chi connectivity index (χ0v) is 20.5. The topological polar surface area (TPSA) is 113 Å². The van der Waals surface area contributed by atoms with Crippen molar-refractivity contribution >= 4 is 21.8 Å². The van der Waals surface area contributed by atoms with Crippen LogP contribution < -0.4 is 10.0 Å². The fourth-order valence-electron chi connectivity index (χ4n) is 4.49. The summed E-state index contributed by atoms with van der Waals surface area (Å²) < 4.78 is 42.4. The van der Waals surface area contributed by atoms with Crippen LogP contribution in [0.3, 0.4) is 0 Å². The first kappa shape index (κ1) is 25.7. The van der Waals surface area contributed by atoms with Crippen LogP contribution in [0.5, 0.6) is 0 Å². The third-order valence-electron chi connectivity index (χ3n) is 6.66. The van der Waals surface area contributed by atoms with Crippen LogP contribution >= 0.6 is 0 Å². The summed E-state index contributed by atoms with van der Waals surface area (Å²) in [6.07, 6.45) is 1.20. The molecule has 1 aliphatic heterocycles. The molecule has 0 radical (unpaired) electrons. The number of ketones is 1. The number of hydrogen-bond acceptors (Lipinski definition) is 5. The highest BCUT2D eigenvalue weighted by molar-refractivity contribution is 7.89. The molecule has 1 aliphatic rings. The molecule has 3 atom stereocenters. The van der Waals surface area contributed by atoms with Crippen molar-refractivity contribution in [3.05, 3.63) is 90.2 Å². The largest absolute Gasteiger partial charge is 0.480 e. The lowest BCUT2D eigenvalue weighted by Gasteiger charge is -2.35. The molecule has 188 valence electrons. The predicted octanol–water partition coefficient (Wildman–Crippen LogP) is 3.92. The number of carboxylic acid groups (broad SMARTS) is 1. The highest BCUT2D eigenvalue weighted by atomic mass is 32.2. The smallest absolute Gasteiger partial charge is 0.318 e. The maximum Gasteiger partial charge on any atom is 0.318 e. The van der Waals surface area contributed by atoms with Gasteiger partial charge in [0.2, 0.25) is 10.0 Å². The van der Waals surface area contributed by atoms with E-state index in [-0.39, 0.29) is 10.7 Å². The van der Waals surface area contributed by atoms with Gasteiger partial charge in [0.25, 0.3) is 0 Å². The fourth-order valence-corrected chi connectivity index (χ4v) is 5.83. The summed E-state index contributed by atoms with van der Waals surface area (Å²) in [5.74, 6) is -2.39. The highest BCUT2D eigenvalue weighted by Crippen LogP contribution is 2.39. The Bertz CT molecular complexity index is 1340. The molecular formula is C27H27FN2O5S. The molecule has 4 rings (SSSR count). The molecule has 3 aromatic carbocycles. The number of carboxylic acids is 1. The molecule has 0 amide bonds. The SMILES string of the molecule is C[C@@](C(=O)O)(C(=O)C1CCCN1)[C@H](NS(=O)(=O)c1ccccc1)c1ccc(-c2ccc(F)cc2)cc1. The van der Waals surface area contributed by atoms with Crippen LogP contribution in [-0.4, -0.2) is 37.9 Å². The van der Waals surface area contributed by atoms with Crippen LogP contribution in [0, 0.1) is 11.2 Å². The number of rotatable bonds is 9. The monoisotopic (exact) mass is 510 g/mol. The van der Waals surface area contributed by atoms with Gasteiger partial charge in [-0.15, -0.1) is 0 Å². The second kappa shape index (κ2) is 10.3. The van der Waals surface area contributed by atoms with Crippen LogP contribution in [0.4, 0.5) is 4.39 Å². The number of sulfonamides is 1. The van der Waals surface area contributed by atoms with Gasteiger partial charge in [0.05, 0.1) is 17.0 Å². The molecule has 1 unspecified atom stereocenters. The maximum atomic E-state index is 13.6. The second-order valence-electron chi connectivity index (χ2n) is 9.02. The number of Topliss-reactive ketones (excluding diaryl/α,β-unsaturated/α-hetero) is 1. The number of carbonyl (C=O) groups excluding carboxylic acids is 1. The first-order valence-corrected chi connectivity index (χ1v) is 13.1. The summed E-state index contributed by atoms with van der Waals surface area (Å²) in [6, 6.07) is 17.9. The number of halogens is 1. The van der Waals surface area contributed by atoms with Gasteiger partial charge in [-0.25, -0.2) is 17.5 Å². The molecule has 7 nitrogen and oxygen atoms in total. The van der Waals surface area contributed by atoms with E-state index < -0.39 is 39.3 Å². The minimum absolute atomic E-state index is 0.0443. The molecule has 1 saturated heterocycles. The molecule has 1 fully saturated rings. The van der Waals surface area contributed by atoms with Gasteiger partial charge in [-0.2, -0.15) is 0 Å². The zero-order chi connectivity index (χ0) is 25.9. The molecule has 0 bridgehead atoms. The van der Waals surface area contributed by atoms with E-state index in [9.17, 15) is 27.5 Å². The number of carbonyl (C=O) groups is 2. The third-order valence-corrected chi connectivity index (χ3v) is 8.10. The summed E-state index contributed by atoms with van der Waals surface area (Å²) in [6.45, 7) is 1.85. The summed E-state index contributed by atoms with van der Waals surface area (Å²) in [5, 5.41) is 13.3. The second-order valence-corrected chi connectivity index (χ2v) is 10.7. The molecule has 0 aromatic heterocycles. The van der Waals surface area contributed by atoms with Gasteiger partial charge >= 0.3 is 5.97 Å². The lowest BCUT2D eigenvalue weighted by molar-refractivity contribution is -0.156. The fraction of sp³-hybridized carbons (Fsp3) is 0.259. The normalized spacial score (nSPS) is 18.3. The molecule has 3 aromatic rings. The lowest BCUT2D eigenvalue weighted by atomic mass is 9.73. The molecule has 3 N–H and O–H groups in total. The Kier molecular flexibility index (Phi) is 7.35. The summed E-state index contributed by atoms with van der Waals surface area (Å²) in [4.78, 5) is 26.2. The van der Waals surface area contributed by atoms with Crippen molar-refractivity contribution in [1.29, 1.82) is 0 Å². The molecule has 9 heteroatoms. The Hall–Kier alpha value is -3.40. The van der Waals surface area contributed by atoms with Crippen molar-refractivity contribution in [1.82, 2.24) is 10.0 Å². The summed E-state index contributed by atoms with van der Waals surface area (Å²) in [5.41, 5.74) is -0.321. The van der Waals surface area contributed by atoms with E-state index in [1.54, 1.807) is 54.6 Å². The average Bonchev–Trinajstić information content (AvgIpc) is 3.42. The number of benzene rings is 3. The number of nitrogens with one attached hydrogen (secondary N) is 2. The van der Waals surface area contributed by atoms with Crippen molar-refractivity contribution < 1.29 is 27.5 Å². The van der Waals surface area contributed by atoms with Crippen molar-refractivity contribution in [2.45, 2.75) is 36.7 Å². The van der Waals surface area contributed by atoms with E-state index in [0.717, 1.165) is 17.5 Å². The first-order valence-electron chi connectivity index (χ1n) is 11.6. The van der Waals surface area contributed by atoms with Crippen LogP contribution in [0.2, 0.25) is 0 Å². The van der Waals surface area contributed by atoms with Crippen LogP contribution in [0.15, 0.2) is 83.8 Å². The van der Waals surface area contributed by atoms with Crippen molar-refractivity contribution in [2.75, 3.05) is 6.54 Å². The van der Waals surface area contributed by atoms with Gasteiger partial charge in [0, 0.05) is 0 Å². The molecular weight excluding hydrogens is 483 g/mol. The van der Waals surface area contributed by atoms with E-state index in [0.29, 0.717) is 18.5 Å². The quantitative estimate of drug-likeness (QED) is 0.376. The Morgan fingerprint density at radius 1 is 1.00 bits per heavy atom.